The molecule has 4 rings (SSSR count). The van der Waals surface area contributed by atoms with Crippen molar-refractivity contribution in [1.82, 2.24) is 0 Å². The second-order valence-corrected chi connectivity index (χ2v) is 12.9. The maximum atomic E-state index is 9.34. The fourth-order valence-electron chi connectivity index (χ4n) is 8.76. The number of aliphatic hydroxyl groups is 1. The molecule has 4 aliphatic rings. The molecule has 170 valence electrons. The monoisotopic (exact) mass is 412 g/mol. The molecular formula is C29H48O. The van der Waals surface area contributed by atoms with E-state index in [9.17, 15) is 5.11 Å². The zero-order valence-electron chi connectivity index (χ0n) is 20.8. The van der Waals surface area contributed by atoms with Crippen LogP contribution in [0.15, 0.2) is 22.8 Å². The number of aliphatic hydroxyl groups excluding tert-OH is 1. The Hall–Kier alpha value is -0.560. The van der Waals surface area contributed by atoms with Gasteiger partial charge in [-0.1, -0.05) is 72.5 Å². The van der Waals surface area contributed by atoms with Crippen molar-refractivity contribution >= 4 is 0 Å². The fraction of sp³-hybridized carbons (Fsp3) is 0.862. The van der Waals surface area contributed by atoms with Crippen molar-refractivity contribution in [1.29, 1.82) is 0 Å². The van der Waals surface area contributed by atoms with E-state index in [1.54, 1.807) is 5.57 Å². The van der Waals surface area contributed by atoms with Crippen LogP contribution in [0.5, 0.6) is 0 Å². The standard InChI is InChI=1S/C29H48O/c1-20(19-30)9-7-10-21(2)23-12-13-24-22-11-14-26-27(3,4)16-8-17-29(26,6)25(22)15-18-28(23,24)5/h13,20-21,23,26,30H,7-12,14-19H2,1-6H3/t20?,21-,23-,26?,28-,29-/m1/s1. The minimum atomic E-state index is 0.342. The van der Waals surface area contributed by atoms with Crippen molar-refractivity contribution in [3.8, 4) is 0 Å². The Balaban J connectivity index is 1.54. The molecule has 0 radical (unpaired) electrons. The third kappa shape index (κ3) is 3.56. The average Bonchev–Trinajstić information content (AvgIpc) is 3.04. The van der Waals surface area contributed by atoms with E-state index in [2.05, 4.69) is 47.6 Å². The van der Waals surface area contributed by atoms with Gasteiger partial charge in [-0.05, 0) is 102 Å². The molecule has 0 amide bonds. The SMILES string of the molecule is CC(CO)CCC[C@@H](C)[C@H]1CC=C2C3=C(CC[C@@]21C)[C@@]1(C)CCCC(C)(C)C1CC3. The number of allylic oxidation sites excluding steroid dienone is 4. The highest BCUT2D eigenvalue weighted by molar-refractivity contribution is 5.49. The summed E-state index contributed by atoms with van der Waals surface area (Å²) in [6, 6.07) is 0. The van der Waals surface area contributed by atoms with Crippen LogP contribution in [-0.4, -0.2) is 11.7 Å². The number of hydrogen-bond acceptors (Lipinski definition) is 1. The molecule has 4 aliphatic carbocycles. The number of hydrogen-bond donors (Lipinski definition) is 1. The van der Waals surface area contributed by atoms with E-state index >= 15 is 0 Å². The van der Waals surface area contributed by atoms with Gasteiger partial charge in [-0.25, -0.2) is 0 Å². The molecule has 0 aromatic heterocycles. The van der Waals surface area contributed by atoms with Gasteiger partial charge in [0, 0.05) is 6.61 Å². The molecule has 2 unspecified atom stereocenters. The van der Waals surface area contributed by atoms with Crippen molar-refractivity contribution < 1.29 is 5.11 Å². The Morgan fingerprint density at radius 2 is 1.77 bits per heavy atom. The smallest absolute Gasteiger partial charge is 0.0456 e. The van der Waals surface area contributed by atoms with Crippen LogP contribution in [0.25, 0.3) is 0 Å². The van der Waals surface area contributed by atoms with Gasteiger partial charge < -0.3 is 5.11 Å². The maximum Gasteiger partial charge on any atom is 0.0456 e. The molecule has 0 aliphatic heterocycles. The summed E-state index contributed by atoms with van der Waals surface area (Å²) in [6.45, 7) is 15.4. The summed E-state index contributed by atoms with van der Waals surface area (Å²) in [6.07, 6.45) is 17.5. The van der Waals surface area contributed by atoms with Crippen LogP contribution in [0, 0.1) is 39.9 Å². The molecule has 0 heterocycles. The van der Waals surface area contributed by atoms with Crippen LogP contribution < -0.4 is 0 Å². The van der Waals surface area contributed by atoms with E-state index in [4.69, 9.17) is 0 Å². The molecule has 30 heavy (non-hydrogen) atoms. The van der Waals surface area contributed by atoms with Gasteiger partial charge in [0.1, 0.15) is 0 Å². The predicted octanol–water partition coefficient (Wildman–Crippen LogP) is 8.09. The van der Waals surface area contributed by atoms with Crippen LogP contribution in [0.3, 0.4) is 0 Å². The zero-order valence-corrected chi connectivity index (χ0v) is 20.8. The molecule has 0 aromatic rings. The van der Waals surface area contributed by atoms with E-state index in [-0.39, 0.29) is 0 Å². The first-order valence-corrected chi connectivity index (χ1v) is 13.2. The van der Waals surface area contributed by atoms with Gasteiger partial charge in [0.15, 0.2) is 0 Å². The first kappa shape index (κ1) is 22.6. The lowest BCUT2D eigenvalue weighted by atomic mass is 9.47. The fourth-order valence-corrected chi connectivity index (χ4v) is 8.76. The van der Waals surface area contributed by atoms with Crippen LogP contribution in [0.1, 0.15) is 112 Å². The quantitative estimate of drug-likeness (QED) is 0.467. The molecule has 6 atom stereocenters. The molecule has 1 saturated carbocycles. The van der Waals surface area contributed by atoms with Crippen molar-refractivity contribution in [2.24, 2.45) is 39.9 Å². The average molecular weight is 413 g/mol. The van der Waals surface area contributed by atoms with Gasteiger partial charge in [-0.15, -0.1) is 0 Å². The summed E-state index contributed by atoms with van der Waals surface area (Å²) < 4.78 is 0. The lowest BCUT2D eigenvalue weighted by Crippen LogP contribution is -2.47. The van der Waals surface area contributed by atoms with Crippen LogP contribution in [0.4, 0.5) is 0 Å². The number of rotatable bonds is 6. The third-order valence-corrected chi connectivity index (χ3v) is 10.6. The lowest BCUT2D eigenvalue weighted by molar-refractivity contribution is 0.00591. The summed E-state index contributed by atoms with van der Waals surface area (Å²) in [7, 11) is 0. The van der Waals surface area contributed by atoms with E-state index in [1.165, 1.54) is 70.6 Å². The van der Waals surface area contributed by atoms with Crippen molar-refractivity contribution in [2.75, 3.05) is 6.61 Å². The second kappa shape index (κ2) is 8.09. The molecule has 0 bridgehead atoms. The van der Waals surface area contributed by atoms with Gasteiger partial charge in [0.05, 0.1) is 0 Å². The highest BCUT2D eigenvalue weighted by Crippen LogP contribution is 2.66. The summed E-state index contributed by atoms with van der Waals surface area (Å²) in [5, 5.41) is 9.34. The van der Waals surface area contributed by atoms with Crippen LogP contribution in [0.2, 0.25) is 0 Å². The van der Waals surface area contributed by atoms with E-state index in [0.717, 1.165) is 17.8 Å². The summed E-state index contributed by atoms with van der Waals surface area (Å²) >= 11 is 0. The third-order valence-electron chi connectivity index (χ3n) is 10.6. The second-order valence-electron chi connectivity index (χ2n) is 12.9. The van der Waals surface area contributed by atoms with Crippen molar-refractivity contribution in [3.63, 3.8) is 0 Å². The van der Waals surface area contributed by atoms with E-state index in [1.807, 2.05) is 11.1 Å². The van der Waals surface area contributed by atoms with Crippen LogP contribution in [-0.2, 0) is 0 Å². The molecule has 1 nitrogen and oxygen atoms in total. The molecule has 1 N–H and O–H groups in total. The highest BCUT2D eigenvalue weighted by Gasteiger charge is 2.55. The normalized spacial score (nSPS) is 39.6. The lowest BCUT2D eigenvalue weighted by Gasteiger charge is -2.58. The minimum Gasteiger partial charge on any atom is -0.396 e. The molecule has 0 aromatic carbocycles. The van der Waals surface area contributed by atoms with E-state index in [0.29, 0.717) is 28.8 Å². The predicted molar refractivity (Wildman–Crippen MR) is 128 cm³/mol. The van der Waals surface area contributed by atoms with Crippen molar-refractivity contribution in [2.45, 2.75) is 112 Å². The maximum absolute atomic E-state index is 9.34. The Bertz CT molecular complexity index is 712. The van der Waals surface area contributed by atoms with Gasteiger partial charge in [-0.2, -0.15) is 0 Å². The molecular weight excluding hydrogens is 364 g/mol. The summed E-state index contributed by atoms with van der Waals surface area (Å²) in [5.74, 6) is 2.95. The molecule has 0 spiro atoms. The topological polar surface area (TPSA) is 20.2 Å². The van der Waals surface area contributed by atoms with Gasteiger partial charge in [-0.3, -0.25) is 0 Å². The zero-order chi connectivity index (χ0) is 21.7. The largest absolute Gasteiger partial charge is 0.396 e. The van der Waals surface area contributed by atoms with Gasteiger partial charge >= 0.3 is 0 Å². The van der Waals surface area contributed by atoms with Crippen molar-refractivity contribution in [3.05, 3.63) is 22.8 Å². The minimum absolute atomic E-state index is 0.342. The molecule has 1 heteroatoms. The summed E-state index contributed by atoms with van der Waals surface area (Å²) in [4.78, 5) is 0. The van der Waals surface area contributed by atoms with Gasteiger partial charge in [0.25, 0.3) is 0 Å². The highest BCUT2D eigenvalue weighted by atomic mass is 16.3. The Morgan fingerprint density at radius 3 is 2.50 bits per heavy atom. The Kier molecular flexibility index (Phi) is 6.10. The first-order valence-electron chi connectivity index (χ1n) is 13.2. The first-order chi connectivity index (χ1) is 14.1. The Labute approximate surface area is 186 Å². The summed E-state index contributed by atoms with van der Waals surface area (Å²) in [5.41, 5.74) is 6.88. The Morgan fingerprint density at radius 1 is 1.00 bits per heavy atom. The van der Waals surface area contributed by atoms with Crippen LogP contribution >= 0.6 is 0 Å². The molecule has 1 fully saturated rings. The number of fused-ring (bicyclic) bond motifs is 4. The van der Waals surface area contributed by atoms with Gasteiger partial charge in [0.2, 0.25) is 0 Å². The molecule has 0 saturated heterocycles. The van der Waals surface area contributed by atoms with E-state index < -0.39 is 0 Å².